The molecule has 0 bridgehead atoms. The van der Waals surface area contributed by atoms with Crippen LogP contribution in [-0.2, 0) is 0 Å². The largest absolute Gasteiger partial charge is 0.478 e. The molecule has 0 aromatic heterocycles. The maximum atomic E-state index is 5.99. The number of fused-ring (bicyclic) bond motifs is 1. The highest BCUT2D eigenvalue weighted by molar-refractivity contribution is 6.31. The maximum Gasteiger partial charge on any atom is 0.173 e. The van der Waals surface area contributed by atoms with Crippen molar-refractivity contribution in [3.8, 4) is 5.75 Å². The van der Waals surface area contributed by atoms with E-state index in [9.17, 15) is 0 Å². The highest BCUT2D eigenvalue weighted by Gasteiger charge is 2.28. The normalized spacial score (nSPS) is 22.6. The number of ether oxygens (including phenoxy) is 1. The van der Waals surface area contributed by atoms with E-state index < -0.39 is 0 Å². The van der Waals surface area contributed by atoms with Gasteiger partial charge in [-0.25, -0.2) is 0 Å². The lowest BCUT2D eigenvalue weighted by Crippen LogP contribution is -2.46. The summed E-state index contributed by atoms with van der Waals surface area (Å²) in [6.07, 6.45) is -0.00354. The molecule has 1 aromatic carbocycles. The first kappa shape index (κ1) is 10.7. The minimum absolute atomic E-state index is 0.00354. The summed E-state index contributed by atoms with van der Waals surface area (Å²) in [4.78, 5) is 6.56. The number of aliphatic imine (C=N–C) groups is 1. The molecule has 2 heterocycles. The monoisotopic (exact) mass is 251 g/mol. The van der Waals surface area contributed by atoms with Crippen LogP contribution in [0.5, 0.6) is 5.75 Å². The van der Waals surface area contributed by atoms with Crippen LogP contribution in [-0.4, -0.2) is 38.6 Å². The Morgan fingerprint density at radius 3 is 3.18 bits per heavy atom. The third-order valence-electron chi connectivity index (χ3n) is 3.05. The summed E-state index contributed by atoms with van der Waals surface area (Å²) in [5, 5.41) is 3.99. The van der Waals surface area contributed by atoms with Gasteiger partial charge in [-0.2, -0.15) is 0 Å². The molecule has 2 aliphatic rings. The molecule has 17 heavy (non-hydrogen) atoms. The van der Waals surface area contributed by atoms with Crippen LogP contribution in [0.1, 0.15) is 0 Å². The van der Waals surface area contributed by atoms with E-state index in [0.29, 0.717) is 0 Å². The molecule has 90 valence electrons. The molecule has 0 saturated carbocycles. The van der Waals surface area contributed by atoms with Crippen LogP contribution >= 0.6 is 11.6 Å². The van der Waals surface area contributed by atoms with Crippen molar-refractivity contribution < 1.29 is 4.74 Å². The standard InChI is InChI=1S/C12H14ClN3O/c1-16-7-11(12-14-4-5-15-12)17-10-3-2-8(13)6-9(10)16/h2-3,6,11H,4-5,7H2,1H3,(H,14,15). The Morgan fingerprint density at radius 2 is 2.41 bits per heavy atom. The van der Waals surface area contributed by atoms with Crippen LogP contribution in [0.3, 0.4) is 0 Å². The van der Waals surface area contributed by atoms with Crippen LogP contribution in [0.2, 0.25) is 5.02 Å². The summed E-state index contributed by atoms with van der Waals surface area (Å²) >= 11 is 5.99. The Kier molecular flexibility index (Phi) is 2.59. The second-order valence-corrected chi connectivity index (χ2v) is 4.73. The molecule has 0 saturated heterocycles. The summed E-state index contributed by atoms with van der Waals surface area (Å²) in [5.74, 6) is 1.82. The third kappa shape index (κ3) is 1.93. The Hall–Kier alpha value is -1.42. The summed E-state index contributed by atoms with van der Waals surface area (Å²) in [6, 6.07) is 5.69. The minimum atomic E-state index is -0.00354. The van der Waals surface area contributed by atoms with Gasteiger partial charge in [-0.05, 0) is 18.2 Å². The van der Waals surface area contributed by atoms with Gasteiger partial charge in [0, 0.05) is 18.6 Å². The van der Waals surface area contributed by atoms with Crippen molar-refractivity contribution in [2.45, 2.75) is 6.10 Å². The van der Waals surface area contributed by atoms with E-state index in [-0.39, 0.29) is 6.10 Å². The number of nitrogens with one attached hydrogen (secondary N) is 1. The van der Waals surface area contributed by atoms with Crippen molar-refractivity contribution in [2.75, 3.05) is 31.6 Å². The molecule has 0 radical (unpaired) electrons. The lowest BCUT2D eigenvalue weighted by Gasteiger charge is -2.33. The molecule has 0 amide bonds. The summed E-state index contributed by atoms with van der Waals surface area (Å²) in [5.41, 5.74) is 1.03. The van der Waals surface area contributed by atoms with Gasteiger partial charge in [0.15, 0.2) is 6.10 Å². The lowest BCUT2D eigenvalue weighted by molar-refractivity contribution is 0.256. The third-order valence-corrected chi connectivity index (χ3v) is 3.28. The number of amidine groups is 1. The molecule has 1 aromatic rings. The first-order valence-electron chi connectivity index (χ1n) is 5.69. The molecule has 0 aliphatic carbocycles. The van der Waals surface area contributed by atoms with Crippen LogP contribution in [0.4, 0.5) is 5.69 Å². The van der Waals surface area contributed by atoms with E-state index in [4.69, 9.17) is 16.3 Å². The van der Waals surface area contributed by atoms with Crippen LogP contribution in [0.15, 0.2) is 23.2 Å². The van der Waals surface area contributed by atoms with Gasteiger partial charge < -0.3 is 15.0 Å². The van der Waals surface area contributed by atoms with Gasteiger partial charge in [-0.3, -0.25) is 4.99 Å². The van der Waals surface area contributed by atoms with E-state index in [0.717, 1.165) is 41.9 Å². The average molecular weight is 252 g/mol. The zero-order chi connectivity index (χ0) is 11.8. The molecule has 5 heteroatoms. The van der Waals surface area contributed by atoms with Gasteiger partial charge in [-0.1, -0.05) is 11.6 Å². The summed E-state index contributed by atoms with van der Waals surface area (Å²) in [6.45, 7) is 2.54. The highest BCUT2D eigenvalue weighted by atomic mass is 35.5. The van der Waals surface area contributed by atoms with Crippen molar-refractivity contribution in [3.05, 3.63) is 23.2 Å². The van der Waals surface area contributed by atoms with Gasteiger partial charge in [0.2, 0.25) is 0 Å². The quantitative estimate of drug-likeness (QED) is 0.823. The van der Waals surface area contributed by atoms with Crippen molar-refractivity contribution in [1.82, 2.24) is 5.32 Å². The number of likely N-dealkylation sites (N-methyl/N-ethyl adjacent to an activating group) is 1. The van der Waals surface area contributed by atoms with Crippen LogP contribution in [0, 0.1) is 0 Å². The SMILES string of the molecule is CN1CC(C2=NCCN2)Oc2ccc(Cl)cc21. The Bertz CT molecular complexity index is 475. The van der Waals surface area contributed by atoms with E-state index in [1.54, 1.807) is 0 Å². The fraction of sp³-hybridized carbons (Fsp3) is 0.417. The van der Waals surface area contributed by atoms with Gasteiger partial charge in [0.1, 0.15) is 11.6 Å². The number of rotatable bonds is 1. The van der Waals surface area contributed by atoms with Crippen LogP contribution < -0.4 is 15.0 Å². The van der Waals surface area contributed by atoms with Crippen molar-refractivity contribution in [1.29, 1.82) is 0 Å². The molecule has 0 fully saturated rings. The van der Waals surface area contributed by atoms with Gasteiger partial charge in [-0.15, -0.1) is 0 Å². The van der Waals surface area contributed by atoms with E-state index in [1.807, 2.05) is 25.2 Å². The zero-order valence-corrected chi connectivity index (χ0v) is 10.4. The zero-order valence-electron chi connectivity index (χ0n) is 9.61. The van der Waals surface area contributed by atoms with Crippen molar-refractivity contribution in [3.63, 3.8) is 0 Å². The van der Waals surface area contributed by atoms with Crippen LogP contribution in [0.25, 0.3) is 0 Å². The van der Waals surface area contributed by atoms with Gasteiger partial charge in [0.05, 0.1) is 18.8 Å². The van der Waals surface area contributed by atoms with Crippen molar-refractivity contribution >= 4 is 23.1 Å². The molecular weight excluding hydrogens is 238 g/mol. The Balaban J connectivity index is 1.90. The topological polar surface area (TPSA) is 36.9 Å². The number of hydrogen-bond donors (Lipinski definition) is 1. The fourth-order valence-corrected chi connectivity index (χ4v) is 2.37. The first-order chi connectivity index (χ1) is 8.24. The van der Waals surface area contributed by atoms with E-state index in [1.165, 1.54) is 0 Å². The number of hydrogen-bond acceptors (Lipinski definition) is 4. The molecule has 1 atom stereocenters. The summed E-state index contributed by atoms with van der Waals surface area (Å²) in [7, 11) is 2.04. The van der Waals surface area contributed by atoms with Crippen molar-refractivity contribution in [2.24, 2.45) is 4.99 Å². The molecule has 0 spiro atoms. The second-order valence-electron chi connectivity index (χ2n) is 4.29. The molecule has 1 unspecified atom stereocenters. The first-order valence-corrected chi connectivity index (χ1v) is 6.07. The second kappa shape index (κ2) is 4.11. The predicted octanol–water partition coefficient (Wildman–Crippen LogP) is 1.54. The number of nitrogens with zero attached hydrogens (tertiary/aromatic N) is 2. The molecule has 3 rings (SSSR count). The number of halogens is 1. The smallest absolute Gasteiger partial charge is 0.173 e. The number of anilines is 1. The lowest BCUT2D eigenvalue weighted by atomic mass is 10.2. The molecular formula is C12H14ClN3O. The van der Waals surface area contributed by atoms with Gasteiger partial charge in [0.25, 0.3) is 0 Å². The molecule has 2 aliphatic heterocycles. The predicted molar refractivity (Wildman–Crippen MR) is 69.4 cm³/mol. The minimum Gasteiger partial charge on any atom is -0.478 e. The number of benzene rings is 1. The Morgan fingerprint density at radius 1 is 1.53 bits per heavy atom. The molecule has 4 nitrogen and oxygen atoms in total. The highest BCUT2D eigenvalue weighted by Crippen LogP contribution is 2.34. The summed E-state index contributed by atoms with van der Waals surface area (Å²) < 4.78 is 5.95. The fourth-order valence-electron chi connectivity index (χ4n) is 2.20. The maximum absolute atomic E-state index is 5.99. The van der Waals surface area contributed by atoms with E-state index in [2.05, 4.69) is 15.2 Å². The van der Waals surface area contributed by atoms with Gasteiger partial charge >= 0.3 is 0 Å². The van der Waals surface area contributed by atoms with E-state index >= 15 is 0 Å². The average Bonchev–Trinajstić information content (AvgIpc) is 2.83. The molecule has 1 N–H and O–H groups in total. The Labute approximate surface area is 105 Å².